The summed E-state index contributed by atoms with van der Waals surface area (Å²) in [5, 5.41) is 87.1. The zero-order valence-corrected chi connectivity index (χ0v) is 47.6. The van der Waals surface area contributed by atoms with Gasteiger partial charge in [-0.3, -0.25) is 4.79 Å². The first kappa shape index (κ1) is 69.6. The molecule has 14 heteroatoms. The van der Waals surface area contributed by atoms with E-state index in [4.69, 9.17) is 18.9 Å². The van der Waals surface area contributed by atoms with Gasteiger partial charge in [0.25, 0.3) is 0 Å². The maximum Gasteiger partial charge on any atom is 0.220 e. The predicted molar refractivity (Wildman–Crippen MR) is 300 cm³/mol. The van der Waals surface area contributed by atoms with Crippen LogP contribution in [0.25, 0.3) is 0 Å². The Hall–Kier alpha value is -1.53. The van der Waals surface area contributed by atoms with Gasteiger partial charge in [0.15, 0.2) is 12.6 Å². The molecule has 0 aromatic heterocycles. The van der Waals surface area contributed by atoms with E-state index in [0.717, 1.165) is 38.5 Å². The Morgan fingerprint density at radius 3 is 1.27 bits per heavy atom. The number of rotatable bonds is 50. The van der Waals surface area contributed by atoms with Gasteiger partial charge >= 0.3 is 0 Å². The van der Waals surface area contributed by atoms with Crippen LogP contribution in [0.2, 0.25) is 0 Å². The van der Waals surface area contributed by atoms with Crippen molar-refractivity contribution in [2.75, 3.05) is 19.8 Å². The minimum atomic E-state index is -1.79. The molecule has 0 bridgehead atoms. The van der Waals surface area contributed by atoms with Gasteiger partial charge in [-0.05, 0) is 44.9 Å². The lowest BCUT2D eigenvalue weighted by Crippen LogP contribution is -2.65. The summed E-state index contributed by atoms with van der Waals surface area (Å²) in [7, 11) is 0. The van der Waals surface area contributed by atoms with Gasteiger partial charge in [0.05, 0.1) is 32.0 Å². The molecule has 2 aliphatic heterocycles. The van der Waals surface area contributed by atoms with Gasteiger partial charge in [0.1, 0.15) is 48.8 Å². The number of nitrogens with one attached hydrogen (secondary N) is 1. The van der Waals surface area contributed by atoms with E-state index in [9.17, 15) is 45.6 Å². The van der Waals surface area contributed by atoms with Gasteiger partial charge in [0.2, 0.25) is 5.91 Å². The zero-order valence-electron chi connectivity index (χ0n) is 47.6. The third-order valence-corrected chi connectivity index (χ3v) is 15.4. The van der Waals surface area contributed by atoms with Gasteiger partial charge in [0, 0.05) is 6.42 Å². The summed E-state index contributed by atoms with van der Waals surface area (Å²) in [6.45, 7) is 2.82. The van der Waals surface area contributed by atoms with Crippen LogP contribution >= 0.6 is 0 Å². The lowest BCUT2D eigenvalue weighted by Gasteiger charge is -2.46. The number of aliphatic hydroxyl groups is 8. The average Bonchev–Trinajstić information content (AvgIpc) is 3.41. The summed E-state index contributed by atoms with van der Waals surface area (Å²) in [5.74, 6) is -0.236. The van der Waals surface area contributed by atoms with E-state index in [1.165, 1.54) is 199 Å². The quantitative estimate of drug-likeness (QED) is 0.0204. The first-order valence-electron chi connectivity index (χ1n) is 31.1. The van der Waals surface area contributed by atoms with Crippen molar-refractivity contribution in [1.29, 1.82) is 0 Å². The van der Waals surface area contributed by atoms with Gasteiger partial charge in [-0.25, -0.2) is 0 Å². The van der Waals surface area contributed by atoms with Crippen LogP contribution in [0.3, 0.4) is 0 Å². The Labute approximate surface area is 456 Å². The molecule has 0 aromatic rings. The lowest BCUT2D eigenvalue weighted by atomic mass is 9.97. The third-order valence-electron chi connectivity index (χ3n) is 15.4. The standard InChI is InChI=1S/C61H115NO13/c1-3-5-7-9-11-13-15-17-19-21-22-23-24-25-26-27-28-29-31-33-35-37-39-41-43-45-53(66)62-49(50(65)44-42-40-38-36-34-32-30-20-18-16-14-12-10-8-6-4-2)48-72-60-58(71)56(69)59(52(47-64)74-60)75-61-57(70)55(68)54(67)51(46-63)73-61/h21-22,42,44,49-52,54-61,63-65,67-71H,3-20,23-41,43,45-48H2,1-2H3,(H,62,66)/b22-21-,44-42+. The van der Waals surface area contributed by atoms with Crippen LogP contribution in [0.5, 0.6) is 0 Å². The fraction of sp³-hybridized carbons (Fsp3) is 0.918. The van der Waals surface area contributed by atoms with Gasteiger partial charge < -0.3 is 65.1 Å². The molecule has 442 valence electrons. The van der Waals surface area contributed by atoms with Crippen LogP contribution in [0.1, 0.15) is 264 Å². The Balaban J connectivity index is 1.72. The Morgan fingerprint density at radius 2 is 0.840 bits per heavy atom. The zero-order chi connectivity index (χ0) is 54.6. The van der Waals surface area contributed by atoms with E-state index < -0.39 is 86.8 Å². The van der Waals surface area contributed by atoms with Crippen molar-refractivity contribution < 1.29 is 64.6 Å². The van der Waals surface area contributed by atoms with E-state index >= 15 is 0 Å². The predicted octanol–water partition coefficient (Wildman–Crippen LogP) is 10.8. The summed E-state index contributed by atoms with van der Waals surface area (Å²) >= 11 is 0. The molecule has 0 saturated carbocycles. The van der Waals surface area contributed by atoms with Crippen molar-refractivity contribution in [3.8, 4) is 0 Å². The summed E-state index contributed by atoms with van der Waals surface area (Å²) in [6, 6.07) is -0.912. The summed E-state index contributed by atoms with van der Waals surface area (Å²) in [5.41, 5.74) is 0. The molecule has 1 amide bonds. The molecule has 12 atom stereocenters. The minimum Gasteiger partial charge on any atom is -0.394 e. The smallest absolute Gasteiger partial charge is 0.220 e. The van der Waals surface area contributed by atoms with Gasteiger partial charge in [-0.2, -0.15) is 0 Å². The molecule has 75 heavy (non-hydrogen) atoms. The second-order valence-electron chi connectivity index (χ2n) is 22.2. The van der Waals surface area contributed by atoms with Crippen LogP contribution in [-0.2, 0) is 23.7 Å². The van der Waals surface area contributed by atoms with Crippen LogP contribution in [0, 0.1) is 0 Å². The molecular formula is C61H115NO13. The molecular weight excluding hydrogens is 955 g/mol. The van der Waals surface area contributed by atoms with Crippen molar-refractivity contribution in [3.63, 3.8) is 0 Å². The molecule has 2 heterocycles. The molecule has 2 fully saturated rings. The van der Waals surface area contributed by atoms with Crippen LogP contribution in [0.4, 0.5) is 0 Å². The fourth-order valence-electron chi connectivity index (χ4n) is 10.3. The first-order valence-corrected chi connectivity index (χ1v) is 31.1. The SMILES string of the molecule is CCCCCCCCCC/C=C\CCCCCCCCCCCCCCCC(=O)NC(COC1OC(CO)C(OC2OC(CO)C(O)C(O)C2O)C(O)C1O)C(O)/C=C/CCCCCCCCCCCCCCCC. The maximum absolute atomic E-state index is 13.3. The van der Waals surface area contributed by atoms with Crippen molar-refractivity contribution in [2.45, 2.75) is 338 Å². The number of carbonyl (C=O) groups is 1. The van der Waals surface area contributed by atoms with Crippen LogP contribution in [0.15, 0.2) is 24.3 Å². The van der Waals surface area contributed by atoms with E-state index in [-0.39, 0.29) is 18.9 Å². The largest absolute Gasteiger partial charge is 0.394 e. The molecule has 14 nitrogen and oxygen atoms in total. The molecule has 2 saturated heterocycles. The number of hydrogen-bond donors (Lipinski definition) is 9. The highest BCUT2D eigenvalue weighted by Crippen LogP contribution is 2.30. The molecule has 12 unspecified atom stereocenters. The molecule has 2 rings (SSSR count). The van der Waals surface area contributed by atoms with Crippen LogP contribution < -0.4 is 5.32 Å². The van der Waals surface area contributed by atoms with Crippen molar-refractivity contribution >= 4 is 5.91 Å². The molecule has 2 aliphatic rings. The number of aliphatic hydroxyl groups excluding tert-OH is 8. The summed E-state index contributed by atoms with van der Waals surface area (Å²) in [6.07, 6.45) is 39.3. The second kappa shape index (κ2) is 47.3. The number of allylic oxidation sites excluding steroid dienone is 3. The Kier molecular flexibility index (Phi) is 43.9. The van der Waals surface area contributed by atoms with Crippen molar-refractivity contribution in [1.82, 2.24) is 5.32 Å². The number of hydrogen-bond acceptors (Lipinski definition) is 13. The Bertz CT molecular complexity index is 1350. The second-order valence-corrected chi connectivity index (χ2v) is 22.2. The van der Waals surface area contributed by atoms with Crippen molar-refractivity contribution in [2.24, 2.45) is 0 Å². The van der Waals surface area contributed by atoms with Gasteiger partial charge in [-0.1, -0.05) is 237 Å². The van der Waals surface area contributed by atoms with Crippen molar-refractivity contribution in [3.05, 3.63) is 24.3 Å². The highest BCUT2D eigenvalue weighted by molar-refractivity contribution is 5.76. The first-order chi connectivity index (χ1) is 36.6. The maximum atomic E-state index is 13.3. The summed E-state index contributed by atoms with van der Waals surface area (Å²) < 4.78 is 22.8. The van der Waals surface area contributed by atoms with E-state index in [1.54, 1.807) is 6.08 Å². The number of carbonyl (C=O) groups excluding carboxylic acids is 1. The third kappa shape index (κ3) is 33.0. The fourth-order valence-corrected chi connectivity index (χ4v) is 10.3. The lowest BCUT2D eigenvalue weighted by molar-refractivity contribution is -0.359. The molecule has 0 aliphatic carbocycles. The minimum absolute atomic E-state index is 0.236. The van der Waals surface area contributed by atoms with E-state index in [0.29, 0.717) is 6.42 Å². The van der Waals surface area contributed by atoms with Crippen LogP contribution in [-0.4, -0.2) is 140 Å². The highest BCUT2D eigenvalue weighted by atomic mass is 16.7. The highest BCUT2D eigenvalue weighted by Gasteiger charge is 2.51. The normalized spacial score (nSPS) is 25.1. The average molecular weight is 1070 g/mol. The number of unbranched alkanes of at least 4 members (excludes halogenated alkanes) is 35. The Morgan fingerprint density at radius 1 is 0.467 bits per heavy atom. The topological polar surface area (TPSA) is 228 Å². The number of amides is 1. The molecule has 9 N–H and O–H groups in total. The van der Waals surface area contributed by atoms with E-state index in [2.05, 4.69) is 31.3 Å². The monoisotopic (exact) mass is 1070 g/mol. The van der Waals surface area contributed by atoms with E-state index in [1.807, 2.05) is 6.08 Å². The molecule has 0 aromatic carbocycles. The number of ether oxygens (including phenoxy) is 4. The molecule has 0 radical (unpaired) electrons. The molecule has 0 spiro atoms. The van der Waals surface area contributed by atoms with Gasteiger partial charge in [-0.15, -0.1) is 0 Å². The summed E-state index contributed by atoms with van der Waals surface area (Å²) in [4.78, 5) is 13.3.